The van der Waals surface area contributed by atoms with Crippen molar-refractivity contribution in [3.63, 3.8) is 0 Å². The highest BCUT2D eigenvalue weighted by Gasteiger charge is 2.33. The molecule has 8 heteroatoms. The number of ether oxygens (including phenoxy) is 1. The first-order chi connectivity index (χ1) is 9.43. The van der Waals surface area contributed by atoms with Gasteiger partial charge < -0.3 is 15.2 Å². The highest BCUT2D eigenvalue weighted by molar-refractivity contribution is 7.89. The molecule has 1 amide bonds. The van der Waals surface area contributed by atoms with Gasteiger partial charge in [0.05, 0.1) is 12.0 Å². The van der Waals surface area contributed by atoms with Gasteiger partial charge in [0, 0.05) is 19.1 Å². The maximum atomic E-state index is 12.3. The molecule has 1 heterocycles. The number of nitrogens with one attached hydrogen (secondary N) is 1. The van der Waals surface area contributed by atoms with Gasteiger partial charge in [-0.15, -0.1) is 0 Å². The maximum Gasteiger partial charge on any atom is 0.407 e. The van der Waals surface area contributed by atoms with Gasteiger partial charge in [-0.2, -0.15) is 4.31 Å². The first-order valence-corrected chi connectivity index (χ1v) is 7.51. The third kappa shape index (κ3) is 3.02. The van der Waals surface area contributed by atoms with Crippen molar-refractivity contribution in [2.24, 2.45) is 0 Å². The number of rotatable bonds is 3. The molecule has 1 aliphatic rings. The maximum absolute atomic E-state index is 12.3. The number of phenolic OH excluding ortho intramolecular Hbond substituents is 1. The SMILES string of the molecule is COC(=O)NC1CCN(S(=O)(=O)c2ccc(O)cc2)C1. The summed E-state index contributed by atoms with van der Waals surface area (Å²) in [5.41, 5.74) is 0. The Morgan fingerprint density at radius 3 is 2.65 bits per heavy atom. The molecule has 1 aromatic rings. The summed E-state index contributed by atoms with van der Waals surface area (Å²) in [4.78, 5) is 11.2. The lowest BCUT2D eigenvalue weighted by molar-refractivity contribution is 0.167. The molecule has 0 bridgehead atoms. The van der Waals surface area contributed by atoms with Gasteiger partial charge in [-0.1, -0.05) is 0 Å². The first-order valence-electron chi connectivity index (χ1n) is 6.07. The largest absolute Gasteiger partial charge is 0.508 e. The molecule has 1 fully saturated rings. The van der Waals surface area contributed by atoms with E-state index in [2.05, 4.69) is 10.1 Å². The van der Waals surface area contributed by atoms with E-state index in [0.29, 0.717) is 13.0 Å². The lowest BCUT2D eigenvalue weighted by atomic mass is 10.3. The molecular weight excluding hydrogens is 284 g/mol. The summed E-state index contributed by atoms with van der Waals surface area (Å²) in [5, 5.41) is 11.8. The van der Waals surface area contributed by atoms with E-state index in [-0.39, 0.29) is 23.2 Å². The molecule has 0 aliphatic carbocycles. The molecule has 1 aliphatic heterocycles. The van der Waals surface area contributed by atoms with Gasteiger partial charge >= 0.3 is 6.09 Å². The van der Waals surface area contributed by atoms with Gasteiger partial charge in [-0.3, -0.25) is 0 Å². The van der Waals surface area contributed by atoms with E-state index in [1.54, 1.807) is 0 Å². The van der Waals surface area contributed by atoms with Crippen molar-refractivity contribution in [2.75, 3.05) is 20.2 Å². The minimum Gasteiger partial charge on any atom is -0.508 e. The van der Waals surface area contributed by atoms with Crippen LogP contribution in [0.25, 0.3) is 0 Å². The van der Waals surface area contributed by atoms with Gasteiger partial charge in [0.1, 0.15) is 5.75 Å². The van der Waals surface area contributed by atoms with Crippen LogP contribution in [-0.4, -0.2) is 50.2 Å². The average Bonchev–Trinajstić information content (AvgIpc) is 2.88. The van der Waals surface area contributed by atoms with Crippen LogP contribution in [0.4, 0.5) is 4.79 Å². The summed E-state index contributed by atoms with van der Waals surface area (Å²) in [5.74, 6) is 0.00982. The van der Waals surface area contributed by atoms with E-state index in [4.69, 9.17) is 0 Å². The number of aromatic hydroxyl groups is 1. The van der Waals surface area contributed by atoms with Gasteiger partial charge in [-0.25, -0.2) is 13.2 Å². The van der Waals surface area contributed by atoms with Crippen molar-refractivity contribution in [1.29, 1.82) is 0 Å². The van der Waals surface area contributed by atoms with Gasteiger partial charge in [0.25, 0.3) is 0 Å². The molecule has 1 unspecified atom stereocenters. The Kier molecular flexibility index (Phi) is 4.15. The number of hydrogen-bond donors (Lipinski definition) is 2. The van der Waals surface area contributed by atoms with Crippen LogP contribution in [0.5, 0.6) is 5.75 Å². The summed E-state index contributed by atoms with van der Waals surface area (Å²) >= 11 is 0. The molecule has 110 valence electrons. The average molecular weight is 300 g/mol. The second kappa shape index (κ2) is 5.68. The van der Waals surface area contributed by atoms with Crippen molar-refractivity contribution < 1.29 is 23.1 Å². The van der Waals surface area contributed by atoms with E-state index in [1.807, 2.05) is 0 Å². The lowest BCUT2D eigenvalue weighted by Crippen LogP contribution is -2.38. The number of benzene rings is 1. The van der Waals surface area contributed by atoms with Crippen LogP contribution in [0.15, 0.2) is 29.2 Å². The molecule has 1 aromatic carbocycles. The zero-order valence-electron chi connectivity index (χ0n) is 10.9. The fraction of sp³-hybridized carbons (Fsp3) is 0.417. The van der Waals surface area contributed by atoms with E-state index < -0.39 is 16.1 Å². The highest BCUT2D eigenvalue weighted by Crippen LogP contribution is 2.22. The summed E-state index contributed by atoms with van der Waals surface area (Å²) in [6.07, 6.45) is -0.0363. The molecule has 7 nitrogen and oxygen atoms in total. The van der Waals surface area contributed by atoms with E-state index in [1.165, 1.54) is 35.7 Å². The van der Waals surface area contributed by atoms with Gasteiger partial charge in [0.2, 0.25) is 10.0 Å². The topological polar surface area (TPSA) is 95.9 Å². The molecule has 2 rings (SSSR count). The molecule has 0 aromatic heterocycles. The molecule has 1 atom stereocenters. The highest BCUT2D eigenvalue weighted by atomic mass is 32.2. The predicted molar refractivity (Wildman–Crippen MR) is 70.8 cm³/mol. The molecular formula is C12H16N2O5S. The normalized spacial score (nSPS) is 19.8. The molecule has 20 heavy (non-hydrogen) atoms. The Hall–Kier alpha value is -1.80. The van der Waals surface area contributed by atoms with Crippen LogP contribution < -0.4 is 5.32 Å². The number of nitrogens with zero attached hydrogens (tertiary/aromatic N) is 1. The van der Waals surface area contributed by atoms with Crippen LogP contribution in [0.2, 0.25) is 0 Å². The van der Waals surface area contributed by atoms with E-state index in [0.717, 1.165) is 0 Å². The fourth-order valence-corrected chi connectivity index (χ4v) is 3.56. The predicted octanol–water partition coefficient (Wildman–Crippen LogP) is 0.511. The summed E-state index contributed by atoms with van der Waals surface area (Å²) in [6, 6.07) is 5.10. The minimum atomic E-state index is -3.60. The second-order valence-corrected chi connectivity index (χ2v) is 6.42. The third-order valence-electron chi connectivity index (χ3n) is 3.13. The number of hydrogen-bond acceptors (Lipinski definition) is 5. The first kappa shape index (κ1) is 14.6. The fourth-order valence-electron chi connectivity index (χ4n) is 2.06. The number of carbonyl (C=O) groups excluding carboxylic acids is 1. The number of sulfonamides is 1. The Morgan fingerprint density at radius 1 is 1.40 bits per heavy atom. The zero-order valence-corrected chi connectivity index (χ0v) is 11.8. The quantitative estimate of drug-likeness (QED) is 0.848. The number of phenols is 1. The smallest absolute Gasteiger partial charge is 0.407 e. The van der Waals surface area contributed by atoms with Crippen molar-refractivity contribution in [1.82, 2.24) is 9.62 Å². The number of carbonyl (C=O) groups is 1. The summed E-state index contributed by atoms with van der Waals surface area (Å²) in [6.45, 7) is 0.538. The third-order valence-corrected chi connectivity index (χ3v) is 5.01. The molecule has 0 radical (unpaired) electrons. The standard InChI is InChI=1S/C12H16N2O5S/c1-19-12(16)13-9-6-7-14(8-9)20(17,18)11-4-2-10(15)3-5-11/h2-5,9,15H,6-8H2,1H3,(H,13,16). The van der Waals surface area contributed by atoms with Crippen molar-refractivity contribution in [2.45, 2.75) is 17.4 Å². The summed E-state index contributed by atoms with van der Waals surface area (Å²) in [7, 11) is -2.34. The lowest BCUT2D eigenvalue weighted by Gasteiger charge is -2.17. The van der Waals surface area contributed by atoms with Crippen LogP contribution in [-0.2, 0) is 14.8 Å². The van der Waals surface area contributed by atoms with Crippen molar-refractivity contribution in [3.05, 3.63) is 24.3 Å². The van der Waals surface area contributed by atoms with Crippen LogP contribution in [0.1, 0.15) is 6.42 Å². The van der Waals surface area contributed by atoms with Gasteiger partial charge in [-0.05, 0) is 30.7 Å². The van der Waals surface area contributed by atoms with E-state index in [9.17, 15) is 18.3 Å². The molecule has 0 saturated carbocycles. The van der Waals surface area contributed by atoms with Gasteiger partial charge in [0.15, 0.2) is 0 Å². The number of amides is 1. The van der Waals surface area contributed by atoms with Crippen LogP contribution in [0.3, 0.4) is 0 Å². The Labute approximate surface area is 117 Å². The number of methoxy groups -OCH3 is 1. The second-order valence-electron chi connectivity index (χ2n) is 4.48. The van der Waals surface area contributed by atoms with Crippen molar-refractivity contribution >= 4 is 16.1 Å². The zero-order chi connectivity index (χ0) is 14.8. The van der Waals surface area contributed by atoms with Crippen LogP contribution in [0, 0.1) is 0 Å². The van der Waals surface area contributed by atoms with Crippen molar-refractivity contribution in [3.8, 4) is 5.75 Å². The van der Waals surface area contributed by atoms with E-state index >= 15 is 0 Å². The molecule has 0 spiro atoms. The van der Waals surface area contributed by atoms with Crippen LogP contribution >= 0.6 is 0 Å². The minimum absolute atomic E-state index is 0.00982. The summed E-state index contributed by atoms with van der Waals surface area (Å²) < 4.78 is 30.5. The number of alkyl carbamates (subject to hydrolysis) is 1. The Bertz CT molecular complexity index is 584. The monoisotopic (exact) mass is 300 g/mol. The molecule has 1 saturated heterocycles. The Morgan fingerprint density at radius 2 is 2.05 bits per heavy atom. The molecule has 2 N–H and O–H groups in total. The Balaban J connectivity index is 2.08.